The van der Waals surface area contributed by atoms with Gasteiger partial charge in [0, 0.05) is 12.5 Å². The predicted octanol–water partition coefficient (Wildman–Crippen LogP) is 4.02. The Kier molecular flexibility index (Phi) is 6.67. The predicted molar refractivity (Wildman–Crippen MR) is 124 cm³/mol. The number of ether oxygens (including phenoxy) is 1. The van der Waals surface area contributed by atoms with Crippen molar-refractivity contribution in [3.63, 3.8) is 0 Å². The zero-order valence-electron chi connectivity index (χ0n) is 19.0. The Morgan fingerprint density at radius 1 is 1.06 bits per heavy atom. The van der Waals surface area contributed by atoms with Crippen LogP contribution in [-0.4, -0.2) is 53.2 Å². The molecule has 1 aliphatic heterocycles. The largest absolute Gasteiger partial charge is 0.480 e. The molecule has 0 aromatic heterocycles. The van der Waals surface area contributed by atoms with Crippen molar-refractivity contribution in [2.75, 3.05) is 13.2 Å². The number of carboxylic acid groups (broad SMARTS) is 1. The van der Waals surface area contributed by atoms with Gasteiger partial charge in [-0.15, -0.1) is 0 Å². The Labute approximate surface area is 193 Å². The van der Waals surface area contributed by atoms with Gasteiger partial charge in [-0.25, -0.2) is 9.59 Å². The van der Waals surface area contributed by atoms with E-state index in [1.54, 1.807) is 0 Å². The summed E-state index contributed by atoms with van der Waals surface area (Å²) in [6.45, 7) is 4.46. The topological polar surface area (TPSA) is 95.9 Å². The van der Waals surface area contributed by atoms with Gasteiger partial charge in [0.15, 0.2) is 0 Å². The number of fused-ring (bicyclic) bond motifs is 3. The number of carboxylic acids is 1. The molecule has 0 saturated carbocycles. The second-order valence-electron chi connectivity index (χ2n) is 9.18. The molecule has 2 aromatic carbocycles. The lowest BCUT2D eigenvalue weighted by atomic mass is 9.98. The number of carbonyl (C=O) groups excluding carboxylic acids is 2. The fourth-order valence-corrected chi connectivity index (χ4v) is 4.96. The van der Waals surface area contributed by atoms with Gasteiger partial charge >= 0.3 is 12.1 Å². The van der Waals surface area contributed by atoms with Crippen molar-refractivity contribution in [2.24, 2.45) is 5.92 Å². The Morgan fingerprint density at radius 2 is 1.67 bits per heavy atom. The fraction of sp³-hybridized carbons (Fsp3) is 0.423. The van der Waals surface area contributed by atoms with E-state index in [-0.39, 0.29) is 24.3 Å². The molecule has 4 rings (SSSR count). The first kappa shape index (κ1) is 22.8. The van der Waals surface area contributed by atoms with Crippen molar-refractivity contribution in [2.45, 2.75) is 51.1 Å². The van der Waals surface area contributed by atoms with Crippen molar-refractivity contribution >= 4 is 18.0 Å². The number of benzene rings is 2. The lowest BCUT2D eigenvalue weighted by Crippen LogP contribution is -2.52. The van der Waals surface area contributed by atoms with E-state index < -0.39 is 24.1 Å². The first-order chi connectivity index (χ1) is 15.9. The molecule has 2 atom stereocenters. The van der Waals surface area contributed by atoms with Crippen molar-refractivity contribution in [3.8, 4) is 11.1 Å². The Balaban J connectivity index is 1.44. The third-order valence-corrected chi connectivity index (χ3v) is 6.46. The molecular weight excluding hydrogens is 420 g/mol. The van der Waals surface area contributed by atoms with E-state index in [4.69, 9.17) is 4.74 Å². The van der Waals surface area contributed by atoms with Crippen LogP contribution in [0.15, 0.2) is 48.5 Å². The number of likely N-dealkylation sites (tertiary alicyclic amines) is 1. The SMILES string of the molecule is CC(C)C[C@H](NC(=O)OCC1c2ccccc2-c2ccccc21)C(=O)N1CCCC1C(=O)O. The second kappa shape index (κ2) is 9.65. The number of amides is 2. The molecule has 1 fully saturated rings. The molecule has 7 heteroatoms. The summed E-state index contributed by atoms with van der Waals surface area (Å²) >= 11 is 0. The van der Waals surface area contributed by atoms with Crippen LogP contribution in [0.5, 0.6) is 0 Å². The second-order valence-corrected chi connectivity index (χ2v) is 9.18. The Hall–Kier alpha value is -3.35. The number of nitrogens with zero attached hydrogens (tertiary/aromatic N) is 1. The summed E-state index contributed by atoms with van der Waals surface area (Å²) in [6, 6.07) is 14.5. The van der Waals surface area contributed by atoms with Gasteiger partial charge in [-0.05, 0) is 47.4 Å². The van der Waals surface area contributed by atoms with Gasteiger partial charge in [0.05, 0.1) is 0 Å². The van der Waals surface area contributed by atoms with Gasteiger partial charge in [-0.2, -0.15) is 0 Å². The maximum atomic E-state index is 13.1. The number of rotatable bonds is 7. The van der Waals surface area contributed by atoms with E-state index in [0.717, 1.165) is 22.3 Å². The summed E-state index contributed by atoms with van der Waals surface area (Å²) < 4.78 is 5.60. The van der Waals surface area contributed by atoms with E-state index in [2.05, 4.69) is 17.4 Å². The summed E-state index contributed by atoms with van der Waals surface area (Å²) in [6.07, 6.45) is 0.816. The summed E-state index contributed by atoms with van der Waals surface area (Å²) in [7, 11) is 0. The van der Waals surface area contributed by atoms with Crippen molar-refractivity contribution in [3.05, 3.63) is 59.7 Å². The van der Waals surface area contributed by atoms with E-state index in [0.29, 0.717) is 25.8 Å². The molecule has 2 aromatic rings. The minimum absolute atomic E-state index is 0.0719. The van der Waals surface area contributed by atoms with Gasteiger partial charge in [-0.1, -0.05) is 62.4 Å². The Bertz CT molecular complexity index is 1000. The first-order valence-corrected chi connectivity index (χ1v) is 11.5. The van der Waals surface area contributed by atoms with Crippen LogP contribution in [0.25, 0.3) is 11.1 Å². The summed E-state index contributed by atoms with van der Waals surface area (Å²) in [5.41, 5.74) is 4.51. The molecule has 2 N–H and O–H groups in total. The molecule has 1 saturated heterocycles. The molecule has 0 bridgehead atoms. The van der Waals surface area contributed by atoms with E-state index in [9.17, 15) is 19.5 Å². The minimum atomic E-state index is -1.01. The minimum Gasteiger partial charge on any atom is -0.480 e. The van der Waals surface area contributed by atoms with Gasteiger partial charge < -0.3 is 20.1 Å². The van der Waals surface area contributed by atoms with E-state index >= 15 is 0 Å². The highest BCUT2D eigenvalue weighted by molar-refractivity contribution is 5.89. The van der Waals surface area contributed by atoms with E-state index in [1.807, 2.05) is 50.2 Å². The zero-order chi connectivity index (χ0) is 23.5. The smallest absolute Gasteiger partial charge is 0.407 e. The molecule has 1 heterocycles. The van der Waals surface area contributed by atoms with Gasteiger partial charge in [0.2, 0.25) is 5.91 Å². The van der Waals surface area contributed by atoms with Crippen molar-refractivity contribution in [1.82, 2.24) is 10.2 Å². The normalized spacial score (nSPS) is 18.0. The average molecular weight is 451 g/mol. The quantitative estimate of drug-likeness (QED) is 0.664. The number of carbonyl (C=O) groups is 3. The van der Waals surface area contributed by atoms with Crippen LogP contribution in [0.3, 0.4) is 0 Å². The third-order valence-electron chi connectivity index (χ3n) is 6.46. The maximum absolute atomic E-state index is 13.1. The molecule has 2 amide bonds. The highest BCUT2D eigenvalue weighted by Gasteiger charge is 2.38. The fourth-order valence-electron chi connectivity index (χ4n) is 4.96. The van der Waals surface area contributed by atoms with Gasteiger partial charge in [-0.3, -0.25) is 4.79 Å². The molecule has 33 heavy (non-hydrogen) atoms. The van der Waals surface area contributed by atoms with E-state index in [1.165, 1.54) is 4.90 Å². The molecule has 0 radical (unpaired) electrons. The summed E-state index contributed by atoms with van der Waals surface area (Å²) in [5, 5.41) is 12.1. The van der Waals surface area contributed by atoms with Crippen LogP contribution in [0.2, 0.25) is 0 Å². The highest BCUT2D eigenvalue weighted by Crippen LogP contribution is 2.44. The third kappa shape index (κ3) is 4.72. The monoisotopic (exact) mass is 450 g/mol. The van der Waals surface area contributed by atoms with Crippen LogP contribution in [0.1, 0.15) is 50.2 Å². The number of hydrogen-bond donors (Lipinski definition) is 2. The molecular formula is C26H30N2O5. The van der Waals surface area contributed by atoms with Crippen LogP contribution >= 0.6 is 0 Å². The maximum Gasteiger partial charge on any atom is 0.407 e. The van der Waals surface area contributed by atoms with Crippen molar-refractivity contribution < 1.29 is 24.2 Å². The van der Waals surface area contributed by atoms with Crippen LogP contribution < -0.4 is 5.32 Å². The lowest BCUT2D eigenvalue weighted by Gasteiger charge is -2.28. The lowest BCUT2D eigenvalue weighted by molar-refractivity contribution is -0.149. The number of alkyl carbamates (subject to hydrolysis) is 1. The molecule has 1 unspecified atom stereocenters. The van der Waals surface area contributed by atoms with Crippen LogP contribution in [0, 0.1) is 5.92 Å². The first-order valence-electron chi connectivity index (χ1n) is 11.5. The average Bonchev–Trinajstić information content (AvgIpc) is 3.40. The molecule has 0 spiro atoms. The highest BCUT2D eigenvalue weighted by atomic mass is 16.5. The molecule has 174 valence electrons. The summed E-state index contributed by atoms with van der Waals surface area (Å²) in [5.74, 6) is -1.30. The Morgan fingerprint density at radius 3 is 2.24 bits per heavy atom. The number of nitrogens with one attached hydrogen (secondary N) is 1. The van der Waals surface area contributed by atoms with Gasteiger partial charge in [0.25, 0.3) is 0 Å². The van der Waals surface area contributed by atoms with Crippen LogP contribution in [0.4, 0.5) is 4.79 Å². The van der Waals surface area contributed by atoms with Crippen molar-refractivity contribution in [1.29, 1.82) is 0 Å². The summed E-state index contributed by atoms with van der Waals surface area (Å²) in [4.78, 5) is 38.7. The number of hydrogen-bond acceptors (Lipinski definition) is 4. The molecule has 1 aliphatic carbocycles. The zero-order valence-corrected chi connectivity index (χ0v) is 19.0. The van der Waals surface area contributed by atoms with Gasteiger partial charge in [0.1, 0.15) is 18.7 Å². The molecule has 7 nitrogen and oxygen atoms in total. The van der Waals surface area contributed by atoms with Crippen LogP contribution in [-0.2, 0) is 14.3 Å². The number of aliphatic carboxylic acids is 1. The standard InChI is InChI=1S/C26H30N2O5/c1-16(2)14-22(24(29)28-13-7-12-23(28)25(30)31)27-26(32)33-15-21-19-10-5-3-8-17(19)18-9-4-6-11-20(18)21/h3-6,8-11,16,21-23H,7,12-15H2,1-2H3,(H,27,32)(H,30,31)/t22-,23?/m0/s1. The molecule has 2 aliphatic rings.